The third-order valence-electron chi connectivity index (χ3n) is 2.53. The number of nitrogens with one attached hydrogen (secondary N) is 3. The van der Waals surface area contributed by atoms with Gasteiger partial charge in [-0.2, -0.15) is 0 Å². The van der Waals surface area contributed by atoms with Gasteiger partial charge in [0.05, 0.1) is 0 Å². The fourth-order valence-electron chi connectivity index (χ4n) is 1.52. The molecule has 7 heteroatoms. The number of benzene rings is 2. The number of rotatable bonds is 4. The number of urea groups is 1. The largest absolute Gasteiger partial charge is 0.484 e. The van der Waals surface area contributed by atoms with Crippen molar-refractivity contribution in [3.8, 4) is 5.75 Å². The lowest BCUT2D eigenvalue weighted by atomic mass is 10.3. The minimum Gasteiger partial charge on any atom is -0.484 e. The maximum Gasteiger partial charge on any atom is 0.337 e. The number of hydrogen-bond donors (Lipinski definition) is 3. The van der Waals surface area contributed by atoms with Gasteiger partial charge < -0.3 is 10.1 Å². The van der Waals surface area contributed by atoms with Crippen molar-refractivity contribution < 1.29 is 14.3 Å². The first kappa shape index (κ1) is 15.7. The topological polar surface area (TPSA) is 79.5 Å². The van der Waals surface area contributed by atoms with Crippen molar-refractivity contribution in [2.45, 2.75) is 0 Å². The monoisotopic (exact) mass is 319 g/mol. The molecule has 0 aliphatic rings. The Morgan fingerprint density at radius 3 is 2.32 bits per heavy atom. The predicted molar refractivity (Wildman–Crippen MR) is 83.7 cm³/mol. The summed E-state index contributed by atoms with van der Waals surface area (Å²) < 4.78 is 5.23. The predicted octanol–water partition coefficient (Wildman–Crippen LogP) is 2.57. The second kappa shape index (κ2) is 7.90. The number of para-hydroxylation sites is 1. The molecule has 0 spiro atoms. The van der Waals surface area contributed by atoms with Gasteiger partial charge in [0.2, 0.25) is 0 Å². The van der Waals surface area contributed by atoms with E-state index in [1.165, 1.54) is 0 Å². The molecule has 2 rings (SSSR count). The molecule has 0 fully saturated rings. The molecule has 0 radical (unpaired) electrons. The van der Waals surface area contributed by atoms with Gasteiger partial charge in [0, 0.05) is 10.7 Å². The zero-order chi connectivity index (χ0) is 15.8. The number of hydrazine groups is 1. The third kappa shape index (κ3) is 5.34. The summed E-state index contributed by atoms with van der Waals surface area (Å²) in [4.78, 5) is 23.1. The van der Waals surface area contributed by atoms with Crippen LogP contribution in [-0.4, -0.2) is 18.5 Å². The summed E-state index contributed by atoms with van der Waals surface area (Å²) in [7, 11) is 0. The molecular formula is C15H14ClN3O3. The van der Waals surface area contributed by atoms with E-state index in [1.807, 2.05) is 6.07 Å². The van der Waals surface area contributed by atoms with Gasteiger partial charge in [-0.1, -0.05) is 29.8 Å². The first-order chi connectivity index (χ1) is 10.6. The first-order valence-corrected chi connectivity index (χ1v) is 6.80. The highest BCUT2D eigenvalue weighted by Crippen LogP contribution is 2.12. The van der Waals surface area contributed by atoms with Crippen LogP contribution in [0.3, 0.4) is 0 Å². The minimum absolute atomic E-state index is 0.203. The van der Waals surface area contributed by atoms with Gasteiger partial charge >= 0.3 is 6.03 Å². The molecule has 0 saturated heterocycles. The van der Waals surface area contributed by atoms with E-state index in [0.717, 1.165) is 0 Å². The fourth-order valence-corrected chi connectivity index (χ4v) is 1.65. The van der Waals surface area contributed by atoms with Crippen LogP contribution < -0.4 is 20.9 Å². The molecule has 114 valence electrons. The Labute approximate surface area is 132 Å². The summed E-state index contributed by atoms with van der Waals surface area (Å²) >= 11 is 5.74. The Kier molecular flexibility index (Phi) is 5.62. The van der Waals surface area contributed by atoms with E-state index in [9.17, 15) is 9.59 Å². The molecule has 0 atom stereocenters. The molecule has 2 aromatic carbocycles. The van der Waals surface area contributed by atoms with E-state index in [0.29, 0.717) is 16.5 Å². The van der Waals surface area contributed by atoms with Crippen molar-refractivity contribution in [3.63, 3.8) is 0 Å². The van der Waals surface area contributed by atoms with Crippen molar-refractivity contribution in [3.05, 3.63) is 59.6 Å². The summed E-state index contributed by atoms with van der Waals surface area (Å²) in [6.45, 7) is -0.203. The van der Waals surface area contributed by atoms with Gasteiger partial charge in [0.1, 0.15) is 5.75 Å². The van der Waals surface area contributed by atoms with Crippen LogP contribution in [0.5, 0.6) is 5.75 Å². The Morgan fingerprint density at radius 2 is 1.64 bits per heavy atom. The van der Waals surface area contributed by atoms with E-state index in [4.69, 9.17) is 16.3 Å². The zero-order valence-corrected chi connectivity index (χ0v) is 12.3. The lowest BCUT2D eigenvalue weighted by molar-refractivity contribution is -0.123. The molecule has 0 aromatic heterocycles. The van der Waals surface area contributed by atoms with Crippen LogP contribution in [0, 0.1) is 0 Å². The molecule has 0 bridgehead atoms. The van der Waals surface area contributed by atoms with Gasteiger partial charge in [0.15, 0.2) is 6.61 Å². The maximum atomic E-state index is 11.6. The summed E-state index contributed by atoms with van der Waals surface area (Å²) in [5.74, 6) is 0.0957. The SMILES string of the molecule is O=C(COc1ccccc1)NNC(=O)Nc1ccc(Cl)cc1. The molecule has 22 heavy (non-hydrogen) atoms. The van der Waals surface area contributed by atoms with Crippen LogP contribution >= 0.6 is 11.6 Å². The van der Waals surface area contributed by atoms with E-state index < -0.39 is 11.9 Å². The maximum absolute atomic E-state index is 11.6. The first-order valence-electron chi connectivity index (χ1n) is 6.43. The Hall–Kier alpha value is -2.73. The number of halogens is 1. The number of hydrogen-bond acceptors (Lipinski definition) is 3. The van der Waals surface area contributed by atoms with Gasteiger partial charge in [-0.15, -0.1) is 0 Å². The number of carbonyl (C=O) groups excluding carboxylic acids is 2. The molecule has 0 aliphatic heterocycles. The zero-order valence-electron chi connectivity index (χ0n) is 11.5. The molecule has 2 aromatic rings. The summed E-state index contributed by atoms with van der Waals surface area (Å²) in [6, 6.07) is 14.9. The van der Waals surface area contributed by atoms with Crippen molar-refractivity contribution in [1.82, 2.24) is 10.9 Å². The summed E-state index contributed by atoms with van der Waals surface area (Å²) in [6.07, 6.45) is 0. The molecule has 3 N–H and O–H groups in total. The van der Waals surface area contributed by atoms with Gasteiger partial charge in [0.25, 0.3) is 5.91 Å². The number of ether oxygens (including phenoxy) is 1. The van der Waals surface area contributed by atoms with Crippen LogP contribution in [0.25, 0.3) is 0 Å². The smallest absolute Gasteiger partial charge is 0.337 e. The average molecular weight is 320 g/mol. The third-order valence-corrected chi connectivity index (χ3v) is 2.78. The van der Waals surface area contributed by atoms with Gasteiger partial charge in [-0.25, -0.2) is 10.2 Å². The van der Waals surface area contributed by atoms with E-state index in [2.05, 4.69) is 16.2 Å². The minimum atomic E-state index is -0.574. The van der Waals surface area contributed by atoms with Crippen molar-refractivity contribution in [2.75, 3.05) is 11.9 Å². The molecule has 6 nitrogen and oxygen atoms in total. The normalized spacial score (nSPS) is 9.68. The Morgan fingerprint density at radius 1 is 0.955 bits per heavy atom. The standard InChI is InChI=1S/C15H14ClN3O3/c16-11-6-8-12(9-7-11)17-15(21)19-18-14(20)10-22-13-4-2-1-3-5-13/h1-9H,10H2,(H,18,20)(H2,17,19,21). The van der Waals surface area contributed by atoms with Crippen molar-refractivity contribution in [2.24, 2.45) is 0 Å². The van der Waals surface area contributed by atoms with E-state index in [-0.39, 0.29) is 6.61 Å². The van der Waals surface area contributed by atoms with Crippen molar-refractivity contribution in [1.29, 1.82) is 0 Å². The van der Waals surface area contributed by atoms with Gasteiger partial charge in [-0.05, 0) is 36.4 Å². The average Bonchev–Trinajstić information content (AvgIpc) is 2.54. The number of anilines is 1. The number of amides is 3. The van der Waals surface area contributed by atoms with E-state index in [1.54, 1.807) is 48.5 Å². The van der Waals surface area contributed by atoms with Crippen LogP contribution in [0.15, 0.2) is 54.6 Å². The van der Waals surface area contributed by atoms with Crippen LogP contribution in [0.4, 0.5) is 10.5 Å². The molecular weight excluding hydrogens is 306 g/mol. The quantitative estimate of drug-likeness (QED) is 0.758. The second-order valence-corrected chi connectivity index (χ2v) is 4.67. The van der Waals surface area contributed by atoms with Crippen LogP contribution in [0.1, 0.15) is 0 Å². The van der Waals surface area contributed by atoms with Gasteiger partial charge in [-0.3, -0.25) is 10.2 Å². The fraction of sp³-hybridized carbons (Fsp3) is 0.0667. The summed E-state index contributed by atoms with van der Waals surface area (Å²) in [5.41, 5.74) is 5.00. The molecule has 0 unspecified atom stereocenters. The highest BCUT2D eigenvalue weighted by atomic mass is 35.5. The van der Waals surface area contributed by atoms with Crippen LogP contribution in [0.2, 0.25) is 5.02 Å². The molecule has 3 amide bonds. The lowest BCUT2D eigenvalue weighted by Crippen LogP contribution is -2.45. The number of carbonyl (C=O) groups is 2. The summed E-state index contributed by atoms with van der Waals surface area (Å²) in [5, 5.41) is 3.10. The molecule has 0 heterocycles. The lowest BCUT2D eigenvalue weighted by Gasteiger charge is -2.10. The van der Waals surface area contributed by atoms with Crippen LogP contribution in [-0.2, 0) is 4.79 Å². The van der Waals surface area contributed by atoms with Crippen molar-refractivity contribution >= 4 is 29.2 Å². The highest BCUT2D eigenvalue weighted by molar-refractivity contribution is 6.30. The van der Waals surface area contributed by atoms with E-state index >= 15 is 0 Å². The highest BCUT2D eigenvalue weighted by Gasteiger charge is 2.05. The molecule has 0 aliphatic carbocycles. The molecule has 0 saturated carbocycles. The second-order valence-electron chi connectivity index (χ2n) is 4.24. The Balaban J connectivity index is 1.69. The Bertz CT molecular complexity index is 632.